The molecule has 0 amide bonds. The third kappa shape index (κ3) is 4.34. The Balaban J connectivity index is 1.95. The summed E-state index contributed by atoms with van der Waals surface area (Å²) in [6.07, 6.45) is 11.3. The van der Waals surface area contributed by atoms with Gasteiger partial charge in [0.1, 0.15) is 0 Å². The molecule has 1 aromatic carbocycles. The molecule has 1 fully saturated rings. The topological polar surface area (TPSA) is 26.0 Å². The zero-order valence-corrected chi connectivity index (χ0v) is 13.3. The van der Waals surface area contributed by atoms with Crippen LogP contribution in [0, 0.1) is 5.92 Å². The summed E-state index contributed by atoms with van der Waals surface area (Å²) >= 11 is 0. The Hall–Kier alpha value is -0.820. The number of nitrogens with two attached hydrogens (primary N) is 1. The third-order valence-corrected chi connectivity index (χ3v) is 5.02. The molecular weight excluding hydrogens is 242 g/mol. The molecule has 0 bridgehead atoms. The molecule has 0 aliphatic heterocycles. The van der Waals surface area contributed by atoms with Gasteiger partial charge in [-0.15, -0.1) is 0 Å². The van der Waals surface area contributed by atoms with Gasteiger partial charge in [-0.3, -0.25) is 0 Å². The standard InChI is InChI=1S/C19H31N/c1-3-6-17-7-5-13-19(20,14-12-17)15-18-10-8-16(4-2)9-11-18/h8-11,17H,3-7,12-15,20H2,1-2H3. The van der Waals surface area contributed by atoms with Crippen molar-refractivity contribution in [3.63, 3.8) is 0 Å². The van der Waals surface area contributed by atoms with Crippen molar-refractivity contribution < 1.29 is 0 Å². The predicted octanol–water partition coefficient (Wildman–Crippen LogP) is 4.87. The van der Waals surface area contributed by atoms with Gasteiger partial charge in [-0.2, -0.15) is 0 Å². The van der Waals surface area contributed by atoms with Gasteiger partial charge in [0.15, 0.2) is 0 Å². The smallest absolute Gasteiger partial charge is 0.0195 e. The van der Waals surface area contributed by atoms with Crippen molar-refractivity contribution >= 4 is 0 Å². The van der Waals surface area contributed by atoms with Crippen LogP contribution in [0.3, 0.4) is 0 Å². The average molecular weight is 273 g/mol. The van der Waals surface area contributed by atoms with Crippen molar-refractivity contribution in [3.8, 4) is 0 Å². The lowest BCUT2D eigenvalue weighted by atomic mass is 9.84. The van der Waals surface area contributed by atoms with Crippen molar-refractivity contribution in [2.24, 2.45) is 11.7 Å². The molecular formula is C19H31N. The summed E-state index contributed by atoms with van der Waals surface area (Å²) in [4.78, 5) is 0. The molecule has 1 nitrogen and oxygen atoms in total. The molecule has 2 atom stereocenters. The van der Waals surface area contributed by atoms with E-state index in [9.17, 15) is 0 Å². The van der Waals surface area contributed by atoms with Crippen LogP contribution >= 0.6 is 0 Å². The molecule has 1 aliphatic rings. The molecule has 2 rings (SSSR count). The molecule has 20 heavy (non-hydrogen) atoms. The summed E-state index contributed by atoms with van der Waals surface area (Å²) in [5.74, 6) is 0.924. The molecule has 0 aromatic heterocycles. The van der Waals surface area contributed by atoms with E-state index in [1.54, 1.807) is 0 Å². The van der Waals surface area contributed by atoms with Gasteiger partial charge >= 0.3 is 0 Å². The Morgan fingerprint density at radius 1 is 1.05 bits per heavy atom. The lowest BCUT2D eigenvalue weighted by Gasteiger charge is -2.28. The minimum Gasteiger partial charge on any atom is -0.325 e. The Kier molecular flexibility index (Phi) is 5.65. The first-order chi connectivity index (χ1) is 9.65. The SMILES string of the molecule is CCCC1CCCC(N)(Cc2ccc(CC)cc2)CC1. The predicted molar refractivity (Wildman–Crippen MR) is 87.9 cm³/mol. The van der Waals surface area contributed by atoms with Gasteiger partial charge < -0.3 is 5.73 Å². The largest absolute Gasteiger partial charge is 0.325 e. The van der Waals surface area contributed by atoms with Crippen molar-refractivity contribution in [3.05, 3.63) is 35.4 Å². The molecule has 0 radical (unpaired) electrons. The van der Waals surface area contributed by atoms with Crippen LogP contribution in [-0.4, -0.2) is 5.54 Å². The zero-order chi connectivity index (χ0) is 14.4. The lowest BCUT2D eigenvalue weighted by Crippen LogP contribution is -2.41. The minimum absolute atomic E-state index is 0.0379. The first-order valence-electron chi connectivity index (χ1n) is 8.52. The molecule has 0 spiro atoms. The first-order valence-corrected chi connectivity index (χ1v) is 8.52. The van der Waals surface area contributed by atoms with Gasteiger partial charge in [-0.25, -0.2) is 0 Å². The van der Waals surface area contributed by atoms with E-state index in [0.29, 0.717) is 0 Å². The highest BCUT2D eigenvalue weighted by molar-refractivity contribution is 5.24. The zero-order valence-electron chi connectivity index (χ0n) is 13.3. The summed E-state index contributed by atoms with van der Waals surface area (Å²) in [6, 6.07) is 9.08. The molecule has 1 aliphatic carbocycles. The van der Waals surface area contributed by atoms with E-state index in [-0.39, 0.29) is 5.54 Å². The molecule has 2 unspecified atom stereocenters. The molecule has 0 heterocycles. The van der Waals surface area contributed by atoms with E-state index >= 15 is 0 Å². The minimum atomic E-state index is 0.0379. The monoisotopic (exact) mass is 273 g/mol. The maximum absolute atomic E-state index is 6.72. The molecule has 0 saturated heterocycles. The summed E-state index contributed by atoms with van der Waals surface area (Å²) in [6.45, 7) is 4.51. The molecule has 1 saturated carbocycles. The Morgan fingerprint density at radius 3 is 2.40 bits per heavy atom. The van der Waals surface area contributed by atoms with Gasteiger partial charge in [-0.1, -0.05) is 63.8 Å². The van der Waals surface area contributed by atoms with E-state index in [4.69, 9.17) is 5.73 Å². The quantitative estimate of drug-likeness (QED) is 0.761. The summed E-state index contributed by atoms with van der Waals surface area (Å²) < 4.78 is 0. The number of hydrogen-bond donors (Lipinski definition) is 1. The van der Waals surface area contributed by atoms with Crippen LogP contribution in [0.25, 0.3) is 0 Å². The van der Waals surface area contributed by atoms with Crippen LogP contribution in [0.5, 0.6) is 0 Å². The summed E-state index contributed by atoms with van der Waals surface area (Å²) in [5, 5.41) is 0. The molecule has 1 heteroatoms. The highest BCUT2D eigenvalue weighted by Crippen LogP contribution is 2.33. The second-order valence-electron chi connectivity index (χ2n) is 6.79. The summed E-state index contributed by atoms with van der Waals surface area (Å²) in [7, 11) is 0. The maximum Gasteiger partial charge on any atom is 0.0195 e. The van der Waals surface area contributed by atoms with Crippen molar-refractivity contribution in [2.75, 3.05) is 0 Å². The highest BCUT2D eigenvalue weighted by atomic mass is 14.7. The Labute approximate surface area is 125 Å². The van der Waals surface area contributed by atoms with E-state index in [2.05, 4.69) is 38.1 Å². The number of benzene rings is 1. The van der Waals surface area contributed by atoms with Crippen LogP contribution < -0.4 is 5.73 Å². The number of hydrogen-bond acceptors (Lipinski definition) is 1. The van der Waals surface area contributed by atoms with Crippen LogP contribution in [0.1, 0.15) is 69.9 Å². The van der Waals surface area contributed by atoms with Gasteiger partial charge in [0.25, 0.3) is 0 Å². The average Bonchev–Trinajstić information content (AvgIpc) is 2.63. The Morgan fingerprint density at radius 2 is 1.75 bits per heavy atom. The highest BCUT2D eigenvalue weighted by Gasteiger charge is 2.29. The Bertz CT molecular complexity index is 395. The van der Waals surface area contributed by atoms with Crippen molar-refractivity contribution in [2.45, 2.75) is 77.2 Å². The van der Waals surface area contributed by atoms with E-state index in [1.165, 1.54) is 56.1 Å². The fraction of sp³-hybridized carbons (Fsp3) is 0.684. The van der Waals surface area contributed by atoms with Gasteiger partial charge in [-0.05, 0) is 49.1 Å². The fourth-order valence-corrected chi connectivity index (χ4v) is 3.68. The van der Waals surface area contributed by atoms with Crippen LogP contribution in [0.4, 0.5) is 0 Å². The molecule has 112 valence electrons. The van der Waals surface area contributed by atoms with E-state index < -0.39 is 0 Å². The third-order valence-electron chi connectivity index (χ3n) is 5.02. The molecule has 1 aromatic rings. The van der Waals surface area contributed by atoms with E-state index in [0.717, 1.165) is 18.8 Å². The van der Waals surface area contributed by atoms with Crippen LogP contribution in [-0.2, 0) is 12.8 Å². The fourth-order valence-electron chi connectivity index (χ4n) is 3.68. The van der Waals surface area contributed by atoms with E-state index in [1.807, 2.05) is 0 Å². The normalized spacial score (nSPS) is 27.2. The van der Waals surface area contributed by atoms with Crippen LogP contribution in [0.15, 0.2) is 24.3 Å². The maximum atomic E-state index is 6.72. The van der Waals surface area contributed by atoms with Gasteiger partial charge in [0.05, 0.1) is 0 Å². The van der Waals surface area contributed by atoms with Crippen molar-refractivity contribution in [1.82, 2.24) is 0 Å². The summed E-state index contributed by atoms with van der Waals surface area (Å²) in [5.41, 5.74) is 9.59. The second kappa shape index (κ2) is 7.26. The lowest BCUT2D eigenvalue weighted by molar-refractivity contribution is 0.355. The van der Waals surface area contributed by atoms with Crippen LogP contribution in [0.2, 0.25) is 0 Å². The molecule has 2 N–H and O–H groups in total. The number of aryl methyl sites for hydroxylation is 1. The first kappa shape index (κ1) is 15.6. The number of rotatable bonds is 5. The van der Waals surface area contributed by atoms with Gasteiger partial charge in [0.2, 0.25) is 0 Å². The second-order valence-corrected chi connectivity index (χ2v) is 6.79. The van der Waals surface area contributed by atoms with Gasteiger partial charge in [0, 0.05) is 5.54 Å². The van der Waals surface area contributed by atoms with Crippen molar-refractivity contribution in [1.29, 1.82) is 0 Å².